The third kappa shape index (κ3) is 11.0. The van der Waals surface area contributed by atoms with Crippen LogP contribution < -0.4 is 26.0 Å². The molecule has 0 aliphatic carbocycles. The van der Waals surface area contributed by atoms with Crippen LogP contribution in [0.4, 0.5) is 0 Å². The molecular weight excluding hydrogens is 459 g/mol. The highest BCUT2D eigenvalue weighted by Gasteiger charge is 2.14. The molecule has 0 radical (unpaired) electrons. The summed E-state index contributed by atoms with van der Waals surface area (Å²) < 4.78 is 5.50. The van der Waals surface area contributed by atoms with E-state index in [1.54, 1.807) is 6.08 Å². The van der Waals surface area contributed by atoms with E-state index in [2.05, 4.69) is 27.8 Å². The van der Waals surface area contributed by atoms with Gasteiger partial charge in [-0.25, -0.2) is 0 Å². The van der Waals surface area contributed by atoms with Gasteiger partial charge in [-0.3, -0.25) is 19.2 Å². The molecular formula is C21H28Cl2N4O5. The topological polar surface area (TPSA) is 126 Å². The van der Waals surface area contributed by atoms with Gasteiger partial charge in [0.25, 0.3) is 11.8 Å². The number of halogens is 2. The lowest BCUT2D eigenvalue weighted by Gasteiger charge is -2.12. The van der Waals surface area contributed by atoms with E-state index in [1.165, 1.54) is 18.2 Å². The average Bonchev–Trinajstić information content (AvgIpc) is 2.81. The standard InChI is InChI=1S/C21H28Cl2N4O5/c1-2-9-32-17-11-15(20(30)26-7-3-5-24-18(28)13-22)10-16(12-17)21(31)27-8-4-6-25-19(29)14-23/h2,10-12H,1,3-9,13-14H2,(H,24,28)(H,25,29)(H,26,30)(H,27,31). The Balaban J connectivity index is 2.68. The molecule has 1 aromatic rings. The molecule has 0 spiro atoms. The summed E-state index contributed by atoms with van der Waals surface area (Å²) in [5.74, 6) is -1.19. The summed E-state index contributed by atoms with van der Waals surface area (Å²) in [4.78, 5) is 47.2. The lowest BCUT2D eigenvalue weighted by Crippen LogP contribution is -2.31. The van der Waals surface area contributed by atoms with Gasteiger partial charge in [0.1, 0.15) is 24.1 Å². The maximum atomic E-state index is 12.5. The number of carbonyl (C=O) groups is 4. The average molecular weight is 487 g/mol. The van der Waals surface area contributed by atoms with E-state index in [9.17, 15) is 19.2 Å². The molecule has 0 saturated heterocycles. The van der Waals surface area contributed by atoms with E-state index in [1.807, 2.05) is 0 Å². The maximum Gasteiger partial charge on any atom is 0.251 e. The van der Waals surface area contributed by atoms with Crippen LogP contribution in [0.2, 0.25) is 0 Å². The third-order valence-corrected chi connectivity index (χ3v) is 4.45. The second-order valence-electron chi connectivity index (χ2n) is 6.53. The number of nitrogens with one attached hydrogen (secondary N) is 4. The Hall–Kier alpha value is -2.78. The lowest BCUT2D eigenvalue weighted by atomic mass is 10.1. The molecule has 4 amide bonds. The summed E-state index contributed by atoms with van der Waals surface area (Å²) in [6.45, 7) is 5.22. The lowest BCUT2D eigenvalue weighted by molar-refractivity contribution is -0.119. The van der Waals surface area contributed by atoms with E-state index in [0.717, 1.165) is 0 Å². The Morgan fingerprint density at radius 1 is 0.781 bits per heavy atom. The van der Waals surface area contributed by atoms with Crippen molar-refractivity contribution in [3.63, 3.8) is 0 Å². The SMILES string of the molecule is C=CCOc1cc(C(=O)NCCCNC(=O)CCl)cc(C(=O)NCCCNC(=O)CCl)c1. The molecule has 0 fully saturated rings. The predicted molar refractivity (Wildman–Crippen MR) is 123 cm³/mol. The van der Waals surface area contributed by atoms with E-state index in [4.69, 9.17) is 27.9 Å². The van der Waals surface area contributed by atoms with Gasteiger partial charge in [-0.15, -0.1) is 23.2 Å². The number of hydrogen-bond donors (Lipinski definition) is 4. The Bertz CT molecular complexity index is 748. The van der Waals surface area contributed by atoms with E-state index >= 15 is 0 Å². The molecule has 0 bridgehead atoms. The van der Waals surface area contributed by atoms with E-state index in [-0.39, 0.29) is 53.1 Å². The summed E-state index contributed by atoms with van der Waals surface area (Å²) in [5, 5.41) is 10.7. The van der Waals surface area contributed by atoms with Gasteiger partial charge in [0.2, 0.25) is 11.8 Å². The van der Waals surface area contributed by atoms with Gasteiger partial charge in [-0.2, -0.15) is 0 Å². The van der Waals surface area contributed by atoms with Crippen LogP contribution in [0.1, 0.15) is 33.6 Å². The molecule has 0 aliphatic heterocycles. The molecule has 1 aromatic carbocycles. The van der Waals surface area contributed by atoms with Gasteiger partial charge < -0.3 is 26.0 Å². The Labute approximate surface area is 197 Å². The van der Waals surface area contributed by atoms with E-state index in [0.29, 0.717) is 44.8 Å². The highest BCUT2D eigenvalue weighted by Crippen LogP contribution is 2.18. The number of carbonyl (C=O) groups excluding carboxylic acids is 4. The van der Waals surface area contributed by atoms with E-state index < -0.39 is 0 Å². The second kappa shape index (κ2) is 15.9. The van der Waals surface area contributed by atoms with Crippen LogP contribution in [0.5, 0.6) is 5.75 Å². The van der Waals surface area contributed by atoms with Crippen LogP contribution in [0, 0.1) is 0 Å². The van der Waals surface area contributed by atoms with Gasteiger partial charge in [0, 0.05) is 37.3 Å². The zero-order valence-corrected chi connectivity index (χ0v) is 19.2. The fraction of sp³-hybridized carbons (Fsp3) is 0.429. The predicted octanol–water partition coefficient (Wildman–Crippen LogP) is 1.20. The zero-order valence-electron chi connectivity index (χ0n) is 17.7. The minimum absolute atomic E-state index is 0.114. The van der Waals surface area contributed by atoms with Crippen molar-refractivity contribution in [3.05, 3.63) is 42.0 Å². The molecule has 0 aliphatic rings. The number of alkyl halides is 2. The van der Waals surface area contributed by atoms with Gasteiger partial charge in [0.15, 0.2) is 0 Å². The first-order valence-electron chi connectivity index (χ1n) is 10.0. The van der Waals surface area contributed by atoms with Gasteiger partial charge >= 0.3 is 0 Å². The molecule has 0 saturated carbocycles. The monoisotopic (exact) mass is 486 g/mol. The Morgan fingerprint density at radius 3 is 1.62 bits per heavy atom. The largest absolute Gasteiger partial charge is 0.490 e. The van der Waals surface area contributed by atoms with Crippen LogP contribution in [-0.4, -0.2) is 68.2 Å². The number of benzene rings is 1. The van der Waals surface area contributed by atoms with Crippen LogP contribution in [0.25, 0.3) is 0 Å². The molecule has 32 heavy (non-hydrogen) atoms. The summed E-state index contributed by atoms with van der Waals surface area (Å²) >= 11 is 10.8. The first-order chi connectivity index (χ1) is 15.4. The first kappa shape index (κ1) is 27.3. The van der Waals surface area contributed by atoms with Crippen molar-refractivity contribution < 1.29 is 23.9 Å². The molecule has 0 heterocycles. The smallest absolute Gasteiger partial charge is 0.251 e. The summed E-state index contributed by atoms with van der Waals surface area (Å²) in [5.41, 5.74) is 0.520. The fourth-order valence-electron chi connectivity index (χ4n) is 2.43. The Kier molecular flexibility index (Phi) is 13.6. The number of hydrogen-bond acceptors (Lipinski definition) is 5. The molecule has 4 N–H and O–H groups in total. The number of amides is 4. The van der Waals surface area contributed by atoms with Crippen molar-refractivity contribution in [1.29, 1.82) is 0 Å². The highest BCUT2D eigenvalue weighted by atomic mass is 35.5. The molecule has 1 rings (SSSR count). The van der Waals surface area contributed by atoms with Crippen molar-refractivity contribution in [2.24, 2.45) is 0 Å². The molecule has 9 nitrogen and oxygen atoms in total. The quantitative estimate of drug-likeness (QED) is 0.168. The molecule has 176 valence electrons. The van der Waals surface area contributed by atoms with Crippen LogP contribution in [-0.2, 0) is 9.59 Å². The molecule has 0 aromatic heterocycles. The third-order valence-electron chi connectivity index (χ3n) is 3.96. The fourth-order valence-corrected chi connectivity index (χ4v) is 2.62. The molecule has 0 unspecified atom stereocenters. The normalized spacial score (nSPS) is 10.1. The molecule has 11 heteroatoms. The first-order valence-corrected chi connectivity index (χ1v) is 11.1. The van der Waals surface area contributed by atoms with Crippen molar-refractivity contribution in [2.45, 2.75) is 12.8 Å². The number of rotatable bonds is 15. The summed E-state index contributed by atoms with van der Waals surface area (Å²) in [7, 11) is 0. The van der Waals surface area contributed by atoms with Gasteiger partial charge in [-0.1, -0.05) is 12.7 Å². The Morgan fingerprint density at radius 2 is 1.22 bits per heavy atom. The van der Waals surface area contributed by atoms with Crippen LogP contribution >= 0.6 is 23.2 Å². The van der Waals surface area contributed by atoms with Crippen molar-refractivity contribution in [2.75, 3.05) is 44.5 Å². The minimum Gasteiger partial charge on any atom is -0.490 e. The highest BCUT2D eigenvalue weighted by molar-refractivity contribution is 6.27. The molecule has 0 atom stereocenters. The zero-order chi connectivity index (χ0) is 23.8. The van der Waals surface area contributed by atoms with Crippen LogP contribution in [0.3, 0.4) is 0 Å². The minimum atomic E-state index is -0.379. The van der Waals surface area contributed by atoms with Crippen molar-refractivity contribution in [1.82, 2.24) is 21.3 Å². The second-order valence-corrected chi connectivity index (χ2v) is 7.07. The number of ether oxygens (including phenoxy) is 1. The van der Waals surface area contributed by atoms with Crippen molar-refractivity contribution in [3.8, 4) is 5.75 Å². The van der Waals surface area contributed by atoms with Crippen molar-refractivity contribution >= 4 is 46.8 Å². The summed E-state index contributed by atoms with van der Waals surface area (Å²) in [6.07, 6.45) is 2.60. The van der Waals surface area contributed by atoms with Crippen LogP contribution in [0.15, 0.2) is 30.9 Å². The van der Waals surface area contributed by atoms with Gasteiger partial charge in [0.05, 0.1) is 0 Å². The summed E-state index contributed by atoms with van der Waals surface area (Å²) in [6, 6.07) is 4.54. The maximum absolute atomic E-state index is 12.5. The van der Waals surface area contributed by atoms with Gasteiger partial charge in [-0.05, 0) is 31.0 Å².